The maximum atomic E-state index is 14.0. The maximum Gasteiger partial charge on any atom is 0.161 e. The van der Waals surface area contributed by atoms with Crippen molar-refractivity contribution in [3.63, 3.8) is 0 Å². The first-order valence-electron chi connectivity index (χ1n) is 10.5. The van der Waals surface area contributed by atoms with E-state index in [0.29, 0.717) is 6.54 Å². The Labute approximate surface area is 175 Å². The van der Waals surface area contributed by atoms with Crippen LogP contribution in [0.3, 0.4) is 0 Å². The first-order chi connectivity index (χ1) is 14.7. The molecule has 1 saturated heterocycles. The summed E-state index contributed by atoms with van der Waals surface area (Å²) in [6.45, 7) is 3.35. The number of nitrogens with zero attached hydrogens (tertiary/aromatic N) is 4. The zero-order valence-electron chi connectivity index (χ0n) is 16.8. The number of hydrogen-bond acceptors (Lipinski definition) is 4. The van der Waals surface area contributed by atoms with Crippen molar-refractivity contribution in [2.75, 3.05) is 31.1 Å². The standard InChI is InChI=1S/C24H24F2N4/c25-20-9-5-10-21(26)19(20)16-29-12-14-30(15-13-29)24-18-8-4-11-22(18)27-23(28-24)17-6-2-1-3-7-17/h1-3,5-7,9-10H,4,8,11-16H2. The highest BCUT2D eigenvalue weighted by atomic mass is 19.1. The summed E-state index contributed by atoms with van der Waals surface area (Å²) in [5.41, 5.74) is 3.61. The van der Waals surface area contributed by atoms with Gasteiger partial charge in [-0.05, 0) is 31.4 Å². The van der Waals surface area contributed by atoms with Crippen LogP contribution < -0.4 is 4.90 Å². The number of piperazine rings is 1. The monoisotopic (exact) mass is 406 g/mol. The largest absolute Gasteiger partial charge is 0.354 e. The van der Waals surface area contributed by atoms with Crippen LogP contribution in [-0.2, 0) is 19.4 Å². The van der Waals surface area contributed by atoms with Gasteiger partial charge in [-0.3, -0.25) is 4.90 Å². The first-order valence-corrected chi connectivity index (χ1v) is 10.5. The van der Waals surface area contributed by atoms with Gasteiger partial charge in [0, 0.05) is 55.1 Å². The quantitative estimate of drug-likeness (QED) is 0.649. The molecule has 1 aromatic heterocycles. The topological polar surface area (TPSA) is 32.3 Å². The predicted molar refractivity (Wildman–Crippen MR) is 113 cm³/mol. The van der Waals surface area contributed by atoms with E-state index >= 15 is 0 Å². The second-order valence-corrected chi connectivity index (χ2v) is 7.98. The van der Waals surface area contributed by atoms with Gasteiger partial charge in [0.1, 0.15) is 17.5 Å². The second kappa shape index (κ2) is 8.11. The number of hydrogen-bond donors (Lipinski definition) is 0. The number of aryl methyl sites for hydroxylation is 1. The molecule has 0 atom stereocenters. The Morgan fingerprint density at radius 3 is 2.27 bits per heavy atom. The van der Waals surface area contributed by atoms with Gasteiger partial charge in [0.15, 0.2) is 5.82 Å². The lowest BCUT2D eigenvalue weighted by atomic mass is 10.1. The van der Waals surface area contributed by atoms with Gasteiger partial charge in [-0.2, -0.15) is 0 Å². The lowest BCUT2D eigenvalue weighted by Gasteiger charge is -2.36. The molecule has 3 aromatic rings. The number of rotatable bonds is 4. The molecule has 0 spiro atoms. The first kappa shape index (κ1) is 19.1. The Hall–Kier alpha value is -2.86. The van der Waals surface area contributed by atoms with E-state index in [1.54, 1.807) is 0 Å². The lowest BCUT2D eigenvalue weighted by molar-refractivity contribution is 0.242. The van der Waals surface area contributed by atoms with E-state index in [-0.39, 0.29) is 5.56 Å². The fraction of sp³-hybridized carbons (Fsp3) is 0.333. The normalized spacial score (nSPS) is 16.7. The third-order valence-corrected chi connectivity index (χ3v) is 6.06. The predicted octanol–water partition coefficient (Wildman–Crippen LogP) is 4.23. The molecule has 0 radical (unpaired) electrons. The summed E-state index contributed by atoms with van der Waals surface area (Å²) in [4.78, 5) is 14.2. The van der Waals surface area contributed by atoms with Crippen molar-refractivity contribution in [2.24, 2.45) is 0 Å². The van der Waals surface area contributed by atoms with E-state index < -0.39 is 11.6 Å². The highest BCUT2D eigenvalue weighted by molar-refractivity contribution is 5.61. The van der Waals surface area contributed by atoms with Gasteiger partial charge in [0.05, 0.1) is 0 Å². The zero-order valence-corrected chi connectivity index (χ0v) is 16.8. The molecule has 2 aromatic carbocycles. The molecule has 154 valence electrons. The smallest absolute Gasteiger partial charge is 0.161 e. The van der Waals surface area contributed by atoms with Crippen LogP contribution in [0.25, 0.3) is 11.4 Å². The Morgan fingerprint density at radius 1 is 0.800 bits per heavy atom. The van der Waals surface area contributed by atoms with Crippen LogP contribution in [0.5, 0.6) is 0 Å². The molecule has 2 heterocycles. The van der Waals surface area contributed by atoms with E-state index in [1.807, 2.05) is 30.3 Å². The summed E-state index contributed by atoms with van der Waals surface area (Å²) in [5, 5.41) is 0. The summed E-state index contributed by atoms with van der Waals surface area (Å²) >= 11 is 0. The van der Waals surface area contributed by atoms with Crippen molar-refractivity contribution in [3.05, 3.63) is 77.0 Å². The van der Waals surface area contributed by atoms with Crippen molar-refractivity contribution >= 4 is 5.82 Å². The number of anilines is 1. The van der Waals surface area contributed by atoms with Crippen molar-refractivity contribution in [3.8, 4) is 11.4 Å². The summed E-state index contributed by atoms with van der Waals surface area (Å²) < 4.78 is 28.0. The van der Waals surface area contributed by atoms with E-state index in [9.17, 15) is 8.78 Å². The minimum Gasteiger partial charge on any atom is -0.354 e. The minimum atomic E-state index is -0.474. The molecule has 0 N–H and O–H groups in total. The van der Waals surface area contributed by atoms with Crippen LogP contribution in [0.2, 0.25) is 0 Å². The third kappa shape index (κ3) is 3.67. The van der Waals surface area contributed by atoms with Crippen LogP contribution in [0.4, 0.5) is 14.6 Å². The van der Waals surface area contributed by atoms with Gasteiger partial charge < -0.3 is 4.90 Å². The average molecular weight is 406 g/mol. The molecule has 5 rings (SSSR count). The van der Waals surface area contributed by atoms with Gasteiger partial charge in [0.2, 0.25) is 0 Å². The number of aromatic nitrogens is 2. The second-order valence-electron chi connectivity index (χ2n) is 7.98. The molecular weight excluding hydrogens is 382 g/mol. The average Bonchev–Trinajstić information content (AvgIpc) is 3.26. The zero-order chi connectivity index (χ0) is 20.5. The van der Waals surface area contributed by atoms with Crippen LogP contribution in [0.1, 0.15) is 23.2 Å². The molecule has 6 heteroatoms. The fourth-order valence-corrected chi connectivity index (χ4v) is 4.42. The Balaban J connectivity index is 1.36. The molecule has 0 unspecified atom stereocenters. The van der Waals surface area contributed by atoms with Gasteiger partial charge in [0.25, 0.3) is 0 Å². The summed E-state index contributed by atoms with van der Waals surface area (Å²) in [6.07, 6.45) is 3.12. The van der Waals surface area contributed by atoms with Crippen LogP contribution in [-0.4, -0.2) is 41.0 Å². The molecular formula is C24H24F2N4. The Morgan fingerprint density at radius 2 is 1.53 bits per heavy atom. The van der Waals surface area contributed by atoms with Crippen molar-refractivity contribution in [1.82, 2.24) is 14.9 Å². The van der Waals surface area contributed by atoms with Gasteiger partial charge >= 0.3 is 0 Å². The van der Waals surface area contributed by atoms with E-state index in [0.717, 1.165) is 68.3 Å². The van der Waals surface area contributed by atoms with Gasteiger partial charge in [-0.1, -0.05) is 36.4 Å². The summed E-state index contributed by atoms with van der Waals surface area (Å²) in [6, 6.07) is 14.1. The molecule has 1 aliphatic carbocycles. The molecule has 1 aliphatic heterocycles. The lowest BCUT2D eigenvalue weighted by Crippen LogP contribution is -2.46. The number of fused-ring (bicyclic) bond motifs is 1. The highest BCUT2D eigenvalue weighted by Crippen LogP contribution is 2.32. The highest BCUT2D eigenvalue weighted by Gasteiger charge is 2.26. The molecule has 2 aliphatic rings. The van der Waals surface area contributed by atoms with Gasteiger partial charge in [-0.25, -0.2) is 18.7 Å². The molecule has 30 heavy (non-hydrogen) atoms. The minimum absolute atomic E-state index is 0.153. The number of benzene rings is 2. The summed E-state index contributed by atoms with van der Waals surface area (Å²) in [7, 11) is 0. The molecule has 0 saturated carbocycles. The Bertz CT molecular complexity index is 1030. The molecule has 1 fully saturated rings. The van der Waals surface area contributed by atoms with Crippen LogP contribution in [0, 0.1) is 11.6 Å². The SMILES string of the molecule is Fc1cccc(F)c1CN1CCN(c2nc(-c3ccccc3)nc3c2CCC3)CC1. The van der Waals surface area contributed by atoms with Gasteiger partial charge in [-0.15, -0.1) is 0 Å². The van der Waals surface area contributed by atoms with E-state index in [4.69, 9.17) is 9.97 Å². The van der Waals surface area contributed by atoms with E-state index in [2.05, 4.69) is 9.80 Å². The maximum absolute atomic E-state index is 14.0. The number of halogens is 2. The molecule has 0 amide bonds. The van der Waals surface area contributed by atoms with Crippen LogP contribution >= 0.6 is 0 Å². The summed E-state index contributed by atoms with van der Waals surface area (Å²) in [5.74, 6) is 0.868. The molecule has 4 nitrogen and oxygen atoms in total. The van der Waals surface area contributed by atoms with Crippen molar-refractivity contribution in [1.29, 1.82) is 0 Å². The van der Waals surface area contributed by atoms with Crippen LogP contribution in [0.15, 0.2) is 48.5 Å². The Kier molecular flexibility index (Phi) is 5.17. The van der Waals surface area contributed by atoms with Crippen molar-refractivity contribution < 1.29 is 8.78 Å². The fourth-order valence-electron chi connectivity index (χ4n) is 4.42. The third-order valence-electron chi connectivity index (χ3n) is 6.06. The van der Waals surface area contributed by atoms with E-state index in [1.165, 1.54) is 23.8 Å². The molecule has 0 bridgehead atoms. The van der Waals surface area contributed by atoms with Crippen molar-refractivity contribution in [2.45, 2.75) is 25.8 Å².